The Balaban J connectivity index is 2.79. The molecule has 0 atom stereocenters. The number of amides is 2. The van der Waals surface area contributed by atoms with E-state index >= 15 is 0 Å². The summed E-state index contributed by atoms with van der Waals surface area (Å²) in [6.45, 7) is 3.21. The number of carboxylic acids is 1. The van der Waals surface area contributed by atoms with E-state index < -0.39 is 17.5 Å². The molecule has 0 aliphatic rings. The predicted octanol–water partition coefficient (Wildman–Crippen LogP) is 4.13. The lowest BCUT2D eigenvalue weighted by atomic mass is 10.0. The van der Waals surface area contributed by atoms with E-state index in [2.05, 4.69) is 26.6 Å². The maximum atomic E-state index is 11.9. The van der Waals surface area contributed by atoms with Gasteiger partial charge in [-0.15, -0.1) is 0 Å². The van der Waals surface area contributed by atoms with Gasteiger partial charge in [0, 0.05) is 10.0 Å². The van der Waals surface area contributed by atoms with Crippen molar-refractivity contribution < 1.29 is 14.7 Å². The second-order valence-corrected chi connectivity index (χ2v) is 6.51. The van der Waals surface area contributed by atoms with Gasteiger partial charge in [0.2, 0.25) is 0 Å². The Bertz CT molecular complexity index is 526. The van der Waals surface area contributed by atoms with Crippen molar-refractivity contribution >= 4 is 56.8 Å². The van der Waals surface area contributed by atoms with Crippen LogP contribution in [0.3, 0.4) is 0 Å². The molecule has 8 heteroatoms. The molecule has 3 N–H and O–H groups in total. The molecule has 110 valence electrons. The van der Waals surface area contributed by atoms with Gasteiger partial charge in [-0.3, -0.25) is 4.79 Å². The molecule has 1 aromatic rings. The fourth-order valence-corrected chi connectivity index (χ4v) is 2.84. The highest BCUT2D eigenvalue weighted by atomic mass is 79.9. The summed E-state index contributed by atoms with van der Waals surface area (Å²) in [6.07, 6.45) is -0.206. The number of urea groups is 1. The van der Waals surface area contributed by atoms with Gasteiger partial charge in [0.05, 0.1) is 22.2 Å². The molecule has 0 saturated heterocycles. The summed E-state index contributed by atoms with van der Waals surface area (Å²) < 4.78 is 0.685. The molecule has 0 unspecified atom stereocenters. The maximum Gasteiger partial charge on any atom is 0.319 e. The monoisotopic (exact) mass is 382 g/mol. The summed E-state index contributed by atoms with van der Waals surface area (Å²) in [6, 6.07) is 2.60. The summed E-state index contributed by atoms with van der Waals surface area (Å²) in [5.41, 5.74) is -0.635. The first-order chi connectivity index (χ1) is 9.10. The van der Waals surface area contributed by atoms with Crippen LogP contribution in [0, 0.1) is 0 Å². The highest BCUT2D eigenvalue weighted by Crippen LogP contribution is 2.33. The molecule has 20 heavy (non-hydrogen) atoms. The fourth-order valence-electron chi connectivity index (χ4n) is 1.54. The molecule has 0 saturated carbocycles. The van der Waals surface area contributed by atoms with E-state index in [0.717, 1.165) is 0 Å². The minimum atomic E-state index is -1.00. The van der Waals surface area contributed by atoms with Gasteiger partial charge in [0.25, 0.3) is 0 Å². The number of halogens is 3. The third-order valence-corrected chi connectivity index (χ3v) is 3.34. The van der Waals surface area contributed by atoms with Crippen LogP contribution in [0.4, 0.5) is 10.5 Å². The highest BCUT2D eigenvalue weighted by molar-refractivity contribution is 9.10. The molecular weight excluding hydrogens is 371 g/mol. The SMILES string of the molecule is CC(C)(CC(=O)O)NC(=O)Nc1c(Cl)cc(Br)cc1Cl. The molecule has 0 aliphatic carbocycles. The van der Waals surface area contributed by atoms with Crippen molar-refractivity contribution in [1.82, 2.24) is 5.32 Å². The third-order valence-electron chi connectivity index (χ3n) is 2.29. The Morgan fingerprint density at radius 2 is 1.80 bits per heavy atom. The molecular formula is C12H13BrCl2N2O3. The molecule has 1 rings (SSSR count). The van der Waals surface area contributed by atoms with Crippen molar-refractivity contribution in [3.8, 4) is 0 Å². The first kappa shape index (κ1) is 17.1. The molecule has 0 bridgehead atoms. The van der Waals surface area contributed by atoms with Crippen LogP contribution in [0.5, 0.6) is 0 Å². The van der Waals surface area contributed by atoms with Gasteiger partial charge in [-0.25, -0.2) is 4.79 Å². The van der Waals surface area contributed by atoms with E-state index in [9.17, 15) is 9.59 Å². The molecule has 0 fully saturated rings. The number of carboxylic acid groups (broad SMARTS) is 1. The van der Waals surface area contributed by atoms with E-state index in [1.165, 1.54) is 0 Å². The maximum absolute atomic E-state index is 11.9. The van der Waals surface area contributed by atoms with Crippen molar-refractivity contribution in [3.05, 3.63) is 26.7 Å². The lowest BCUT2D eigenvalue weighted by molar-refractivity contribution is -0.138. The highest BCUT2D eigenvalue weighted by Gasteiger charge is 2.24. The van der Waals surface area contributed by atoms with Crippen molar-refractivity contribution in [2.24, 2.45) is 0 Å². The number of carbonyl (C=O) groups is 2. The summed E-state index contributed by atoms with van der Waals surface area (Å²) >= 11 is 15.2. The third kappa shape index (κ3) is 5.19. The van der Waals surface area contributed by atoms with Crippen LogP contribution in [-0.2, 0) is 4.79 Å². The van der Waals surface area contributed by atoms with Gasteiger partial charge < -0.3 is 15.7 Å². The zero-order valence-electron chi connectivity index (χ0n) is 10.8. The molecule has 0 radical (unpaired) electrons. The number of hydrogen-bond donors (Lipinski definition) is 3. The molecule has 0 spiro atoms. The topological polar surface area (TPSA) is 78.4 Å². The average molecular weight is 384 g/mol. The number of anilines is 1. The lowest BCUT2D eigenvalue weighted by Gasteiger charge is -2.24. The van der Waals surface area contributed by atoms with Crippen molar-refractivity contribution in [2.75, 3.05) is 5.32 Å². The summed E-state index contributed by atoms with van der Waals surface area (Å²) in [5.74, 6) is -1.00. The van der Waals surface area contributed by atoms with Gasteiger partial charge >= 0.3 is 12.0 Å². The van der Waals surface area contributed by atoms with Crippen LogP contribution < -0.4 is 10.6 Å². The smallest absolute Gasteiger partial charge is 0.319 e. The van der Waals surface area contributed by atoms with E-state index in [-0.39, 0.29) is 22.2 Å². The number of benzene rings is 1. The normalized spacial score (nSPS) is 11.1. The first-order valence-corrected chi connectivity index (χ1v) is 7.11. The van der Waals surface area contributed by atoms with Gasteiger partial charge in [-0.1, -0.05) is 39.1 Å². The van der Waals surface area contributed by atoms with E-state index in [4.69, 9.17) is 28.3 Å². The molecule has 1 aromatic carbocycles. The van der Waals surface area contributed by atoms with Gasteiger partial charge in [-0.05, 0) is 26.0 Å². The number of carbonyl (C=O) groups excluding carboxylic acids is 1. The Morgan fingerprint density at radius 3 is 2.25 bits per heavy atom. The van der Waals surface area contributed by atoms with Crippen molar-refractivity contribution in [1.29, 1.82) is 0 Å². The van der Waals surface area contributed by atoms with Crippen LogP contribution >= 0.6 is 39.1 Å². The Kier molecular flexibility index (Phi) is 5.68. The molecule has 2 amide bonds. The Labute approximate surface area is 134 Å². The molecule has 0 aliphatic heterocycles. The average Bonchev–Trinajstić information content (AvgIpc) is 2.20. The van der Waals surface area contributed by atoms with E-state index in [1.807, 2.05) is 0 Å². The van der Waals surface area contributed by atoms with Crippen molar-refractivity contribution in [2.45, 2.75) is 25.8 Å². The predicted molar refractivity (Wildman–Crippen MR) is 82.6 cm³/mol. The second-order valence-electron chi connectivity index (χ2n) is 4.78. The molecule has 0 heterocycles. The fraction of sp³-hybridized carbons (Fsp3) is 0.333. The summed E-state index contributed by atoms with van der Waals surface area (Å²) in [5, 5.41) is 14.4. The molecule has 0 aromatic heterocycles. The zero-order valence-corrected chi connectivity index (χ0v) is 13.9. The number of hydrogen-bond acceptors (Lipinski definition) is 2. The Morgan fingerprint density at radius 1 is 1.30 bits per heavy atom. The van der Waals surface area contributed by atoms with Gasteiger partial charge in [0.15, 0.2) is 0 Å². The zero-order chi connectivity index (χ0) is 15.5. The number of aliphatic carboxylic acids is 1. The lowest BCUT2D eigenvalue weighted by Crippen LogP contribution is -2.46. The number of nitrogens with one attached hydrogen (secondary N) is 2. The number of rotatable bonds is 4. The minimum Gasteiger partial charge on any atom is -0.481 e. The second kappa shape index (κ2) is 6.65. The van der Waals surface area contributed by atoms with Crippen LogP contribution in [0.2, 0.25) is 10.0 Å². The van der Waals surface area contributed by atoms with Gasteiger partial charge in [0.1, 0.15) is 0 Å². The standard InChI is InChI=1S/C12H13BrCl2N2O3/c1-12(2,5-9(18)19)17-11(20)16-10-7(14)3-6(13)4-8(10)15/h3-4H,5H2,1-2H3,(H,18,19)(H2,16,17,20). The van der Waals surface area contributed by atoms with E-state index in [1.54, 1.807) is 26.0 Å². The van der Waals surface area contributed by atoms with Gasteiger partial charge in [-0.2, -0.15) is 0 Å². The largest absolute Gasteiger partial charge is 0.481 e. The van der Waals surface area contributed by atoms with Crippen LogP contribution in [0.1, 0.15) is 20.3 Å². The Hall–Kier alpha value is -0.980. The molecule has 5 nitrogen and oxygen atoms in total. The van der Waals surface area contributed by atoms with E-state index in [0.29, 0.717) is 4.47 Å². The van der Waals surface area contributed by atoms with Crippen LogP contribution in [0.15, 0.2) is 16.6 Å². The van der Waals surface area contributed by atoms with Crippen molar-refractivity contribution in [3.63, 3.8) is 0 Å². The van der Waals surface area contributed by atoms with Crippen LogP contribution in [0.25, 0.3) is 0 Å². The quantitative estimate of drug-likeness (QED) is 0.731. The summed E-state index contributed by atoms with van der Waals surface area (Å²) in [7, 11) is 0. The minimum absolute atomic E-state index is 0.206. The van der Waals surface area contributed by atoms with Crippen LogP contribution in [-0.4, -0.2) is 22.6 Å². The first-order valence-electron chi connectivity index (χ1n) is 5.56. The summed E-state index contributed by atoms with van der Waals surface area (Å²) in [4.78, 5) is 22.5.